The molecule has 1 aliphatic rings. The van der Waals surface area contributed by atoms with Crippen LogP contribution in [0.15, 0.2) is 11.2 Å². The molecule has 1 saturated carbocycles. The van der Waals surface area contributed by atoms with E-state index in [1.54, 1.807) is 0 Å². The third kappa shape index (κ3) is 3.27. The van der Waals surface area contributed by atoms with Crippen LogP contribution in [0.2, 0.25) is 0 Å². The number of carboxylic acid groups (broad SMARTS) is 1. The summed E-state index contributed by atoms with van der Waals surface area (Å²) in [6, 6.07) is 1.86. The number of aliphatic carboxylic acids is 1. The summed E-state index contributed by atoms with van der Waals surface area (Å²) < 4.78 is 0. The van der Waals surface area contributed by atoms with Crippen LogP contribution >= 0.6 is 11.8 Å². The van der Waals surface area contributed by atoms with Crippen molar-refractivity contribution in [2.75, 3.05) is 5.75 Å². The molecule has 0 aliphatic heterocycles. The summed E-state index contributed by atoms with van der Waals surface area (Å²) in [5, 5.41) is 12.3. The Bertz CT molecular complexity index is 523. The van der Waals surface area contributed by atoms with Crippen LogP contribution in [0.1, 0.15) is 30.7 Å². The second-order valence-electron chi connectivity index (χ2n) is 5.01. The molecule has 0 bridgehead atoms. The van der Waals surface area contributed by atoms with Crippen molar-refractivity contribution in [3.8, 4) is 0 Å². The van der Waals surface area contributed by atoms with E-state index in [0.717, 1.165) is 17.8 Å². The first-order valence-corrected chi connectivity index (χ1v) is 7.39. The van der Waals surface area contributed by atoms with Gasteiger partial charge in [0.05, 0.1) is 5.75 Å². The average molecular weight is 295 g/mol. The van der Waals surface area contributed by atoms with Crippen LogP contribution in [0.5, 0.6) is 0 Å². The first-order chi connectivity index (χ1) is 9.41. The van der Waals surface area contributed by atoms with Crippen molar-refractivity contribution < 1.29 is 14.7 Å². The largest absolute Gasteiger partial charge is 0.480 e. The Morgan fingerprint density at radius 3 is 2.40 bits per heavy atom. The molecule has 1 aliphatic carbocycles. The van der Waals surface area contributed by atoms with Gasteiger partial charge in [-0.05, 0) is 39.2 Å². The van der Waals surface area contributed by atoms with Crippen LogP contribution in [0, 0.1) is 13.8 Å². The number of hydrogen-bond acceptors (Lipinski definition) is 5. The van der Waals surface area contributed by atoms with Crippen molar-refractivity contribution in [2.45, 2.75) is 43.8 Å². The lowest BCUT2D eigenvalue weighted by Gasteiger charge is -2.38. The monoisotopic (exact) mass is 295 g/mol. The van der Waals surface area contributed by atoms with E-state index in [-0.39, 0.29) is 11.7 Å². The minimum absolute atomic E-state index is 0.123. The lowest BCUT2D eigenvalue weighted by atomic mass is 9.77. The fourth-order valence-electron chi connectivity index (χ4n) is 2.11. The number of amides is 1. The number of rotatable bonds is 5. The van der Waals surface area contributed by atoms with Crippen LogP contribution in [0.4, 0.5) is 0 Å². The van der Waals surface area contributed by atoms with Crippen molar-refractivity contribution >= 4 is 23.6 Å². The second kappa shape index (κ2) is 5.78. The molecule has 20 heavy (non-hydrogen) atoms. The van der Waals surface area contributed by atoms with Crippen molar-refractivity contribution in [1.29, 1.82) is 0 Å². The highest BCUT2D eigenvalue weighted by molar-refractivity contribution is 7.99. The van der Waals surface area contributed by atoms with E-state index in [1.807, 2.05) is 19.9 Å². The van der Waals surface area contributed by atoms with E-state index in [9.17, 15) is 9.59 Å². The Morgan fingerprint density at radius 2 is 1.95 bits per heavy atom. The summed E-state index contributed by atoms with van der Waals surface area (Å²) in [6.07, 6.45) is 1.83. The molecule has 1 aromatic rings. The molecule has 0 atom stereocenters. The highest BCUT2D eigenvalue weighted by atomic mass is 32.2. The SMILES string of the molecule is Cc1cc(C)nc(SCC(=O)NC2(C(=O)O)CCC2)n1. The van der Waals surface area contributed by atoms with E-state index < -0.39 is 11.5 Å². The summed E-state index contributed by atoms with van der Waals surface area (Å²) in [5.41, 5.74) is 0.643. The van der Waals surface area contributed by atoms with Gasteiger partial charge in [-0.15, -0.1) is 0 Å². The number of aromatic nitrogens is 2. The molecule has 0 saturated heterocycles. The van der Waals surface area contributed by atoms with Gasteiger partial charge in [-0.25, -0.2) is 14.8 Å². The third-order valence-corrected chi connectivity index (χ3v) is 4.14. The lowest BCUT2D eigenvalue weighted by molar-refractivity contribution is -0.151. The molecular formula is C13H17N3O3S. The van der Waals surface area contributed by atoms with Gasteiger partial charge >= 0.3 is 5.97 Å². The molecule has 1 amide bonds. The predicted octanol–water partition coefficient (Wildman–Crippen LogP) is 1.31. The van der Waals surface area contributed by atoms with E-state index in [2.05, 4.69) is 15.3 Å². The number of hydrogen-bond donors (Lipinski definition) is 2. The molecular weight excluding hydrogens is 278 g/mol. The van der Waals surface area contributed by atoms with Gasteiger partial charge in [0, 0.05) is 11.4 Å². The van der Waals surface area contributed by atoms with E-state index in [1.165, 1.54) is 11.8 Å². The number of aryl methyl sites for hydroxylation is 2. The van der Waals surface area contributed by atoms with E-state index in [0.29, 0.717) is 18.0 Å². The van der Waals surface area contributed by atoms with Crippen molar-refractivity contribution in [3.63, 3.8) is 0 Å². The molecule has 2 N–H and O–H groups in total. The number of carbonyl (C=O) groups excluding carboxylic acids is 1. The molecule has 0 aromatic carbocycles. The fraction of sp³-hybridized carbons (Fsp3) is 0.538. The maximum absolute atomic E-state index is 11.8. The van der Waals surface area contributed by atoms with Crippen LogP contribution in [0.3, 0.4) is 0 Å². The van der Waals surface area contributed by atoms with Gasteiger partial charge in [-0.1, -0.05) is 11.8 Å². The summed E-state index contributed by atoms with van der Waals surface area (Å²) in [4.78, 5) is 31.5. The quantitative estimate of drug-likeness (QED) is 0.628. The van der Waals surface area contributed by atoms with E-state index >= 15 is 0 Å². The number of thioether (sulfide) groups is 1. The molecule has 108 valence electrons. The Kier molecular flexibility index (Phi) is 4.27. The lowest BCUT2D eigenvalue weighted by Crippen LogP contribution is -2.59. The Morgan fingerprint density at radius 1 is 1.35 bits per heavy atom. The van der Waals surface area contributed by atoms with Crippen LogP contribution in [0.25, 0.3) is 0 Å². The smallest absolute Gasteiger partial charge is 0.329 e. The standard InChI is InChI=1S/C13H17N3O3S/c1-8-6-9(2)15-12(14-8)20-7-10(17)16-13(11(18)19)4-3-5-13/h6H,3-5,7H2,1-2H3,(H,16,17)(H,18,19). The molecule has 1 fully saturated rings. The van der Waals surface area contributed by atoms with Crippen molar-refractivity contribution in [3.05, 3.63) is 17.5 Å². The molecule has 1 aromatic heterocycles. The highest BCUT2D eigenvalue weighted by Crippen LogP contribution is 2.32. The zero-order valence-electron chi connectivity index (χ0n) is 11.5. The number of nitrogens with zero attached hydrogens (tertiary/aromatic N) is 2. The highest BCUT2D eigenvalue weighted by Gasteiger charge is 2.45. The minimum Gasteiger partial charge on any atom is -0.480 e. The van der Waals surface area contributed by atoms with Gasteiger partial charge < -0.3 is 10.4 Å². The van der Waals surface area contributed by atoms with Crippen LogP contribution in [-0.4, -0.2) is 38.2 Å². The van der Waals surface area contributed by atoms with Gasteiger partial charge in [0.2, 0.25) is 5.91 Å². The Balaban J connectivity index is 1.90. The summed E-state index contributed by atoms with van der Waals surface area (Å²) >= 11 is 1.22. The summed E-state index contributed by atoms with van der Waals surface area (Å²) in [7, 11) is 0. The van der Waals surface area contributed by atoms with Gasteiger partial charge in [0.15, 0.2) is 5.16 Å². The number of nitrogens with one attached hydrogen (secondary N) is 1. The second-order valence-corrected chi connectivity index (χ2v) is 5.95. The molecule has 6 nitrogen and oxygen atoms in total. The van der Waals surface area contributed by atoms with E-state index in [4.69, 9.17) is 5.11 Å². The van der Waals surface area contributed by atoms with Crippen LogP contribution in [-0.2, 0) is 9.59 Å². The third-order valence-electron chi connectivity index (χ3n) is 3.29. The summed E-state index contributed by atoms with van der Waals surface area (Å²) in [6.45, 7) is 3.74. The first kappa shape index (κ1) is 14.8. The zero-order chi connectivity index (χ0) is 14.8. The van der Waals surface area contributed by atoms with Gasteiger partial charge in [-0.2, -0.15) is 0 Å². The number of carboxylic acids is 1. The molecule has 7 heteroatoms. The molecule has 1 heterocycles. The summed E-state index contributed by atoms with van der Waals surface area (Å²) in [5.74, 6) is -1.12. The fourth-order valence-corrected chi connectivity index (χ4v) is 2.86. The van der Waals surface area contributed by atoms with Gasteiger partial charge in [-0.3, -0.25) is 4.79 Å². The molecule has 0 radical (unpaired) electrons. The topological polar surface area (TPSA) is 92.2 Å². The van der Waals surface area contributed by atoms with Gasteiger partial charge in [0.1, 0.15) is 5.54 Å². The molecule has 0 spiro atoms. The Hall–Kier alpha value is -1.63. The molecule has 2 rings (SSSR count). The average Bonchev–Trinajstić information content (AvgIpc) is 2.29. The normalized spacial score (nSPS) is 16.3. The maximum Gasteiger partial charge on any atom is 0.329 e. The first-order valence-electron chi connectivity index (χ1n) is 6.41. The zero-order valence-corrected chi connectivity index (χ0v) is 12.3. The van der Waals surface area contributed by atoms with Crippen molar-refractivity contribution in [1.82, 2.24) is 15.3 Å². The van der Waals surface area contributed by atoms with Crippen LogP contribution < -0.4 is 5.32 Å². The predicted molar refractivity (Wildman–Crippen MR) is 74.6 cm³/mol. The minimum atomic E-state index is -1.05. The molecule has 0 unspecified atom stereocenters. The van der Waals surface area contributed by atoms with Crippen molar-refractivity contribution in [2.24, 2.45) is 0 Å². The van der Waals surface area contributed by atoms with Gasteiger partial charge in [0.25, 0.3) is 0 Å². The number of carbonyl (C=O) groups is 2. The maximum atomic E-state index is 11.8. The Labute approximate surface area is 121 Å².